The first-order chi connectivity index (χ1) is 8.76. The van der Waals surface area contributed by atoms with Gasteiger partial charge in [-0.05, 0) is 37.0 Å². The molecule has 1 aliphatic heterocycles. The zero-order valence-electron chi connectivity index (χ0n) is 11.2. The number of nitrogens with two attached hydrogens (primary N) is 1. The second-order valence-electron chi connectivity index (χ2n) is 5.08. The van der Waals surface area contributed by atoms with Crippen molar-refractivity contribution < 1.29 is 0 Å². The maximum Gasteiger partial charge on any atom is 0.0380 e. The van der Waals surface area contributed by atoms with Crippen LogP contribution in [0, 0.1) is 0 Å². The zero-order chi connectivity index (χ0) is 13.0. The van der Waals surface area contributed by atoms with Crippen molar-refractivity contribution in [1.29, 1.82) is 0 Å². The van der Waals surface area contributed by atoms with Crippen molar-refractivity contribution in [1.82, 2.24) is 0 Å². The van der Waals surface area contributed by atoms with E-state index in [1.165, 1.54) is 49.9 Å². The fourth-order valence-corrected chi connectivity index (χ4v) is 3.35. The van der Waals surface area contributed by atoms with E-state index >= 15 is 0 Å². The summed E-state index contributed by atoms with van der Waals surface area (Å²) in [4.78, 5) is 2.58. The molecule has 0 saturated carbocycles. The molecule has 0 amide bonds. The largest absolute Gasteiger partial charge is 0.369 e. The van der Waals surface area contributed by atoms with Crippen molar-refractivity contribution in [3.63, 3.8) is 0 Å². The third-order valence-electron chi connectivity index (χ3n) is 3.94. The van der Waals surface area contributed by atoms with Gasteiger partial charge in [0.25, 0.3) is 0 Å². The lowest BCUT2D eigenvalue weighted by atomic mass is 10.1. The van der Waals surface area contributed by atoms with Crippen LogP contribution >= 0.6 is 15.9 Å². The van der Waals surface area contributed by atoms with Crippen LogP contribution in [0.15, 0.2) is 22.7 Å². The molecule has 0 aromatic heterocycles. The number of halogens is 1. The molecule has 0 bridgehead atoms. The first-order valence-corrected chi connectivity index (χ1v) is 7.80. The summed E-state index contributed by atoms with van der Waals surface area (Å²) in [6.07, 6.45) is 6.61. The second-order valence-corrected chi connectivity index (χ2v) is 5.94. The smallest absolute Gasteiger partial charge is 0.0380 e. The van der Waals surface area contributed by atoms with Gasteiger partial charge in [-0.2, -0.15) is 0 Å². The highest BCUT2D eigenvalue weighted by atomic mass is 79.9. The Balaban J connectivity index is 2.24. The summed E-state index contributed by atoms with van der Waals surface area (Å²) in [5, 5.41) is 0. The second kappa shape index (κ2) is 6.58. The van der Waals surface area contributed by atoms with Crippen molar-refractivity contribution in [3.05, 3.63) is 28.2 Å². The van der Waals surface area contributed by atoms with Crippen molar-refractivity contribution >= 4 is 21.6 Å². The van der Waals surface area contributed by atoms with E-state index < -0.39 is 0 Å². The minimum absolute atomic E-state index is 0.595. The lowest BCUT2D eigenvalue weighted by Gasteiger charge is -2.32. The monoisotopic (exact) mass is 310 g/mol. The minimum Gasteiger partial charge on any atom is -0.369 e. The molecule has 1 heterocycles. The van der Waals surface area contributed by atoms with Gasteiger partial charge in [0.2, 0.25) is 0 Å². The first kappa shape index (κ1) is 13.9. The predicted octanol–water partition coefficient (Wildman–Crippen LogP) is 4.07. The Kier molecular flexibility index (Phi) is 5.07. The number of hydrogen-bond acceptors (Lipinski definition) is 2. The number of nitrogens with zero attached hydrogens (tertiary/aromatic N) is 1. The summed E-state index contributed by atoms with van der Waals surface area (Å²) in [5.74, 6) is 0. The summed E-state index contributed by atoms with van der Waals surface area (Å²) < 4.78 is 1.14. The van der Waals surface area contributed by atoms with Gasteiger partial charge in [-0.1, -0.05) is 41.8 Å². The Bertz CT molecular complexity index is 392. The van der Waals surface area contributed by atoms with E-state index in [2.05, 4.69) is 46.0 Å². The molecule has 1 saturated heterocycles. The molecule has 2 nitrogen and oxygen atoms in total. The Morgan fingerprint density at radius 3 is 2.83 bits per heavy atom. The minimum atomic E-state index is 0.595. The summed E-state index contributed by atoms with van der Waals surface area (Å²) >= 11 is 3.63. The Hall–Kier alpha value is -0.540. The van der Waals surface area contributed by atoms with Crippen LogP contribution in [0.25, 0.3) is 0 Å². The van der Waals surface area contributed by atoms with Gasteiger partial charge in [-0.3, -0.25) is 0 Å². The molecule has 1 aliphatic rings. The zero-order valence-corrected chi connectivity index (χ0v) is 12.7. The van der Waals surface area contributed by atoms with Crippen LogP contribution in [0.2, 0.25) is 0 Å². The Morgan fingerprint density at radius 2 is 2.17 bits per heavy atom. The number of benzene rings is 1. The molecule has 1 atom stereocenters. The number of rotatable bonds is 3. The van der Waals surface area contributed by atoms with Crippen LogP contribution in [0.1, 0.15) is 44.6 Å². The van der Waals surface area contributed by atoms with E-state index in [0.29, 0.717) is 12.6 Å². The Morgan fingerprint density at radius 1 is 1.33 bits per heavy atom. The molecule has 1 unspecified atom stereocenters. The molecule has 100 valence electrons. The van der Waals surface area contributed by atoms with Crippen molar-refractivity contribution in [3.8, 4) is 0 Å². The lowest BCUT2D eigenvalue weighted by molar-refractivity contribution is 0.556. The highest BCUT2D eigenvalue weighted by Gasteiger charge is 2.20. The van der Waals surface area contributed by atoms with E-state index in [4.69, 9.17) is 5.73 Å². The molecule has 0 aliphatic carbocycles. The van der Waals surface area contributed by atoms with Gasteiger partial charge in [-0.25, -0.2) is 0 Å². The van der Waals surface area contributed by atoms with E-state index in [1.807, 2.05) is 0 Å². The van der Waals surface area contributed by atoms with E-state index in [9.17, 15) is 0 Å². The maximum atomic E-state index is 5.71. The quantitative estimate of drug-likeness (QED) is 0.912. The molecule has 0 radical (unpaired) electrons. The predicted molar refractivity (Wildman–Crippen MR) is 81.9 cm³/mol. The van der Waals surface area contributed by atoms with Gasteiger partial charge in [0.05, 0.1) is 0 Å². The van der Waals surface area contributed by atoms with E-state index in [-0.39, 0.29) is 0 Å². The topological polar surface area (TPSA) is 29.3 Å². The van der Waals surface area contributed by atoms with Crippen LogP contribution in [-0.4, -0.2) is 12.6 Å². The average molecular weight is 311 g/mol. The van der Waals surface area contributed by atoms with E-state index in [0.717, 1.165) is 4.47 Å². The van der Waals surface area contributed by atoms with Crippen LogP contribution in [0.5, 0.6) is 0 Å². The molecule has 1 fully saturated rings. The SMILES string of the molecule is CCC1CCCCCN1c1ccc(CN)c(Br)c1. The molecule has 2 N–H and O–H groups in total. The molecule has 1 aromatic carbocycles. The molecule has 0 spiro atoms. The van der Waals surface area contributed by atoms with Crippen molar-refractivity contribution in [2.24, 2.45) is 5.73 Å². The van der Waals surface area contributed by atoms with Gasteiger partial charge in [0.1, 0.15) is 0 Å². The lowest BCUT2D eigenvalue weighted by Crippen LogP contribution is -2.34. The molecular formula is C15H23BrN2. The van der Waals surface area contributed by atoms with Gasteiger partial charge >= 0.3 is 0 Å². The fraction of sp³-hybridized carbons (Fsp3) is 0.600. The summed E-state index contributed by atoms with van der Waals surface area (Å²) in [6.45, 7) is 4.08. The highest BCUT2D eigenvalue weighted by molar-refractivity contribution is 9.10. The molecule has 3 heteroatoms. The molecule has 18 heavy (non-hydrogen) atoms. The normalized spacial score (nSPS) is 20.8. The Labute approximate surface area is 119 Å². The third kappa shape index (κ3) is 3.07. The number of anilines is 1. The summed E-state index contributed by atoms with van der Waals surface area (Å²) in [7, 11) is 0. The van der Waals surface area contributed by atoms with E-state index in [1.54, 1.807) is 0 Å². The first-order valence-electron chi connectivity index (χ1n) is 7.01. The van der Waals surface area contributed by atoms with Gasteiger partial charge in [0.15, 0.2) is 0 Å². The third-order valence-corrected chi connectivity index (χ3v) is 4.67. The van der Waals surface area contributed by atoms with Crippen molar-refractivity contribution in [2.75, 3.05) is 11.4 Å². The highest BCUT2D eigenvalue weighted by Crippen LogP contribution is 2.29. The van der Waals surface area contributed by atoms with Gasteiger partial charge in [-0.15, -0.1) is 0 Å². The van der Waals surface area contributed by atoms with Crippen LogP contribution < -0.4 is 10.6 Å². The van der Waals surface area contributed by atoms with Gasteiger partial charge in [0, 0.05) is 29.3 Å². The fourth-order valence-electron chi connectivity index (χ4n) is 2.82. The van der Waals surface area contributed by atoms with Crippen LogP contribution in [-0.2, 0) is 6.54 Å². The molecule has 2 rings (SSSR count). The van der Waals surface area contributed by atoms with Crippen LogP contribution in [0.3, 0.4) is 0 Å². The van der Waals surface area contributed by atoms with Crippen molar-refractivity contribution in [2.45, 2.75) is 51.6 Å². The summed E-state index contributed by atoms with van der Waals surface area (Å²) in [6, 6.07) is 7.30. The molecular weight excluding hydrogens is 288 g/mol. The standard InChI is InChI=1S/C15H23BrN2/c1-2-13-6-4-3-5-9-18(13)14-8-7-12(11-17)15(16)10-14/h7-8,10,13H,2-6,9,11,17H2,1H3. The molecule has 1 aromatic rings. The number of hydrogen-bond donors (Lipinski definition) is 1. The van der Waals surface area contributed by atoms with Gasteiger partial charge < -0.3 is 10.6 Å². The summed E-state index contributed by atoms with van der Waals surface area (Å²) in [5.41, 5.74) is 8.24. The maximum absolute atomic E-state index is 5.71. The average Bonchev–Trinajstić information content (AvgIpc) is 2.63. The van der Waals surface area contributed by atoms with Crippen LogP contribution in [0.4, 0.5) is 5.69 Å².